The molecule has 0 aliphatic carbocycles. The summed E-state index contributed by atoms with van der Waals surface area (Å²) in [7, 11) is 0. The van der Waals surface area contributed by atoms with Gasteiger partial charge in [0.25, 0.3) is 0 Å². The molecule has 268 valence electrons. The van der Waals surface area contributed by atoms with Gasteiger partial charge in [0, 0.05) is 50.2 Å². The van der Waals surface area contributed by atoms with Crippen molar-refractivity contribution < 1.29 is 0 Å². The Morgan fingerprint density at radius 2 is 0.789 bits per heavy atom. The summed E-state index contributed by atoms with van der Waals surface area (Å²) in [6, 6.07) is 74.8. The van der Waals surface area contributed by atoms with Gasteiger partial charge in [-0.25, -0.2) is 4.98 Å². The average molecular weight is 730 g/mol. The van der Waals surface area contributed by atoms with E-state index in [-0.39, 0.29) is 0 Å². The highest BCUT2D eigenvalue weighted by atomic mass is 15.3. The summed E-state index contributed by atoms with van der Waals surface area (Å²) in [6.45, 7) is 0. The molecule has 5 heteroatoms. The molecule has 0 saturated heterocycles. The van der Waals surface area contributed by atoms with Crippen molar-refractivity contribution in [2.24, 2.45) is 0 Å². The Morgan fingerprint density at radius 3 is 1.37 bits per heavy atom. The highest BCUT2D eigenvalue weighted by Crippen LogP contribution is 2.40. The largest absolute Gasteiger partial charge is 0.309 e. The van der Waals surface area contributed by atoms with E-state index in [1.54, 1.807) is 0 Å². The highest BCUT2D eigenvalue weighted by molar-refractivity contribution is 6.12. The maximum atomic E-state index is 5.40. The number of anilines is 3. The van der Waals surface area contributed by atoms with Gasteiger partial charge >= 0.3 is 0 Å². The van der Waals surface area contributed by atoms with E-state index in [9.17, 15) is 0 Å². The lowest BCUT2D eigenvalue weighted by molar-refractivity contribution is 1.01. The topological polar surface area (TPSA) is 38.9 Å². The van der Waals surface area contributed by atoms with Gasteiger partial charge in [-0.2, -0.15) is 4.98 Å². The molecular formula is C52H35N5. The molecule has 0 spiro atoms. The zero-order valence-corrected chi connectivity index (χ0v) is 30.9. The smallest absolute Gasteiger partial charge is 0.237 e. The number of para-hydroxylation sites is 5. The summed E-state index contributed by atoms with van der Waals surface area (Å²) in [4.78, 5) is 12.8. The molecule has 0 bridgehead atoms. The molecule has 3 heterocycles. The van der Waals surface area contributed by atoms with Crippen molar-refractivity contribution in [3.8, 4) is 33.9 Å². The van der Waals surface area contributed by atoms with Crippen LogP contribution >= 0.6 is 0 Å². The number of nitrogens with zero attached hydrogens (tertiary/aromatic N) is 5. The van der Waals surface area contributed by atoms with Crippen molar-refractivity contribution in [2.45, 2.75) is 0 Å². The zero-order chi connectivity index (χ0) is 37.7. The molecule has 0 atom stereocenters. The fourth-order valence-electron chi connectivity index (χ4n) is 8.33. The van der Waals surface area contributed by atoms with Gasteiger partial charge in [-0.05, 0) is 83.9 Å². The summed E-state index contributed by atoms with van der Waals surface area (Å²) in [5.41, 5.74) is 11.9. The highest BCUT2D eigenvalue weighted by Gasteiger charge is 2.21. The summed E-state index contributed by atoms with van der Waals surface area (Å²) in [5, 5.41) is 4.81. The molecule has 0 saturated carbocycles. The normalized spacial score (nSPS) is 11.5. The van der Waals surface area contributed by atoms with Crippen molar-refractivity contribution >= 4 is 60.9 Å². The van der Waals surface area contributed by atoms with E-state index in [0.29, 0.717) is 5.95 Å². The number of hydrogen-bond acceptors (Lipinski definition) is 3. The van der Waals surface area contributed by atoms with Crippen molar-refractivity contribution in [3.63, 3.8) is 0 Å². The average Bonchev–Trinajstić information content (AvgIpc) is 3.80. The Labute approximate surface area is 330 Å². The van der Waals surface area contributed by atoms with Crippen molar-refractivity contribution in [3.05, 3.63) is 212 Å². The molecule has 0 unspecified atom stereocenters. The fourth-order valence-corrected chi connectivity index (χ4v) is 8.33. The van der Waals surface area contributed by atoms with Crippen LogP contribution in [0, 0.1) is 0 Å². The van der Waals surface area contributed by atoms with Crippen molar-refractivity contribution in [1.82, 2.24) is 19.1 Å². The molecule has 8 aromatic carbocycles. The summed E-state index contributed by atoms with van der Waals surface area (Å²) in [5.74, 6) is 1.39. The quantitative estimate of drug-likeness (QED) is 0.164. The first-order valence-electron chi connectivity index (χ1n) is 19.3. The number of rotatable bonds is 7. The first kappa shape index (κ1) is 32.7. The molecule has 0 radical (unpaired) electrons. The van der Waals surface area contributed by atoms with Gasteiger partial charge in [-0.1, -0.05) is 133 Å². The summed E-state index contributed by atoms with van der Waals surface area (Å²) in [6.07, 6.45) is 0. The third-order valence-electron chi connectivity index (χ3n) is 10.9. The number of hydrogen-bond donors (Lipinski definition) is 0. The Hall–Kier alpha value is -7.76. The Morgan fingerprint density at radius 1 is 0.333 bits per heavy atom. The van der Waals surface area contributed by atoms with Gasteiger partial charge in [0.1, 0.15) is 5.82 Å². The Balaban J connectivity index is 1.11. The van der Waals surface area contributed by atoms with E-state index in [1.165, 1.54) is 38.1 Å². The minimum atomic E-state index is 0.592. The van der Waals surface area contributed by atoms with E-state index >= 15 is 0 Å². The maximum Gasteiger partial charge on any atom is 0.237 e. The first-order valence-corrected chi connectivity index (χ1v) is 19.3. The second-order valence-electron chi connectivity index (χ2n) is 14.3. The second-order valence-corrected chi connectivity index (χ2v) is 14.3. The lowest BCUT2D eigenvalue weighted by Crippen LogP contribution is -2.15. The SMILES string of the molecule is c1ccc(-c2cc(-n3c4ccccc4c4cc(-c5ccc6c(c5)c5ccccc5n6-c5ccccc5)ccc43)nc(N(c3ccccc3)c3ccccc3)n2)cc1. The van der Waals surface area contributed by atoms with Crippen LogP contribution in [0.4, 0.5) is 17.3 Å². The number of fused-ring (bicyclic) bond motifs is 6. The molecule has 0 N–H and O–H groups in total. The number of aromatic nitrogens is 4. The van der Waals surface area contributed by atoms with Gasteiger partial charge in [0.2, 0.25) is 5.95 Å². The van der Waals surface area contributed by atoms with Crippen molar-refractivity contribution in [2.75, 3.05) is 4.90 Å². The molecular weight excluding hydrogens is 695 g/mol. The van der Waals surface area contributed by atoms with E-state index in [0.717, 1.165) is 50.7 Å². The van der Waals surface area contributed by atoms with Crippen LogP contribution in [0.1, 0.15) is 0 Å². The fraction of sp³-hybridized carbons (Fsp3) is 0. The third-order valence-corrected chi connectivity index (χ3v) is 10.9. The van der Waals surface area contributed by atoms with Crippen LogP contribution in [0.25, 0.3) is 77.5 Å². The van der Waals surface area contributed by atoms with Crippen LogP contribution in [-0.4, -0.2) is 19.1 Å². The van der Waals surface area contributed by atoms with Crippen LogP contribution in [0.5, 0.6) is 0 Å². The first-order chi connectivity index (χ1) is 28.3. The second kappa shape index (κ2) is 13.5. The van der Waals surface area contributed by atoms with Crippen molar-refractivity contribution in [1.29, 1.82) is 0 Å². The zero-order valence-electron chi connectivity index (χ0n) is 30.9. The predicted octanol–water partition coefficient (Wildman–Crippen LogP) is 13.5. The molecule has 0 amide bonds. The van der Waals surface area contributed by atoms with Crippen LogP contribution in [-0.2, 0) is 0 Å². The molecule has 0 aliphatic rings. The van der Waals surface area contributed by atoms with E-state index in [2.05, 4.69) is 208 Å². The molecule has 11 rings (SSSR count). The van der Waals surface area contributed by atoms with Gasteiger partial charge in [-0.15, -0.1) is 0 Å². The summed E-state index contributed by atoms with van der Waals surface area (Å²) < 4.78 is 4.65. The van der Waals surface area contributed by atoms with E-state index in [1.807, 2.05) is 18.2 Å². The molecule has 0 fully saturated rings. The Bertz CT molecular complexity index is 3180. The van der Waals surface area contributed by atoms with Gasteiger partial charge < -0.3 is 4.57 Å². The maximum absolute atomic E-state index is 5.40. The van der Waals surface area contributed by atoms with E-state index in [4.69, 9.17) is 9.97 Å². The molecule has 11 aromatic rings. The lowest BCUT2D eigenvalue weighted by atomic mass is 10.0. The molecule has 5 nitrogen and oxygen atoms in total. The number of benzene rings is 8. The molecule has 3 aromatic heterocycles. The van der Waals surface area contributed by atoms with Crippen LogP contribution in [0.15, 0.2) is 212 Å². The lowest BCUT2D eigenvalue weighted by Gasteiger charge is -2.24. The standard InChI is InChI=1S/C52H35N5/c1-5-17-36(18-6-1)46-35-51(54-52(53-46)55(39-19-7-2-8-20-39)40-21-9-3-10-22-40)57-48-28-16-14-26-43(48)45-34-38(30-32-50(45)57)37-29-31-49-44(33-37)42-25-13-15-27-47(42)56(49)41-23-11-4-12-24-41/h1-35H. The Kier molecular flexibility index (Phi) is 7.74. The monoisotopic (exact) mass is 729 g/mol. The third kappa shape index (κ3) is 5.56. The molecule has 0 aliphatic heterocycles. The van der Waals surface area contributed by atoms with E-state index < -0.39 is 0 Å². The minimum absolute atomic E-state index is 0.592. The predicted molar refractivity (Wildman–Crippen MR) is 236 cm³/mol. The van der Waals surface area contributed by atoms with Crippen LogP contribution in [0.3, 0.4) is 0 Å². The summed E-state index contributed by atoms with van der Waals surface area (Å²) >= 11 is 0. The molecule has 57 heavy (non-hydrogen) atoms. The van der Waals surface area contributed by atoms with Gasteiger partial charge in [0.05, 0.1) is 27.8 Å². The van der Waals surface area contributed by atoms with Crippen LogP contribution in [0.2, 0.25) is 0 Å². The van der Waals surface area contributed by atoms with Gasteiger partial charge in [0.15, 0.2) is 0 Å². The minimum Gasteiger partial charge on any atom is -0.309 e. The van der Waals surface area contributed by atoms with Gasteiger partial charge in [-0.3, -0.25) is 9.47 Å². The van der Waals surface area contributed by atoms with Crippen LogP contribution < -0.4 is 4.90 Å².